The maximum Gasteiger partial charge on any atom is 0.307 e. The van der Waals surface area contributed by atoms with Crippen molar-refractivity contribution in [2.75, 3.05) is 0 Å². The molecule has 5 nitrogen and oxygen atoms in total. The molecular formula is C12H18N2O3. The van der Waals surface area contributed by atoms with E-state index in [2.05, 4.69) is 5.32 Å². The van der Waals surface area contributed by atoms with E-state index in [9.17, 15) is 9.59 Å². The Morgan fingerprint density at radius 2 is 2.06 bits per heavy atom. The second kappa shape index (κ2) is 4.74. The fourth-order valence-corrected chi connectivity index (χ4v) is 2.29. The first-order valence-electron chi connectivity index (χ1n) is 5.76. The Labute approximate surface area is 101 Å². The minimum Gasteiger partial charge on any atom is -0.481 e. The van der Waals surface area contributed by atoms with Crippen molar-refractivity contribution in [1.82, 2.24) is 5.32 Å². The Morgan fingerprint density at radius 1 is 1.47 bits per heavy atom. The summed E-state index contributed by atoms with van der Waals surface area (Å²) in [6.45, 7) is 5.44. The molecule has 0 bridgehead atoms. The van der Waals surface area contributed by atoms with E-state index >= 15 is 0 Å². The largest absolute Gasteiger partial charge is 0.481 e. The van der Waals surface area contributed by atoms with Crippen LogP contribution in [0.4, 0.5) is 0 Å². The van der Waals surface area contributed by atoms with E-state index in [0.717, 1.165) is 0 Å². The number of hydrogen-bond donors (Lipinski definition) is 2. The standard InChI is InChI=1S/C12H18N2O3/c1-4-7(5-6-13)14-10(15)8-9(11(16)17)12(8,2)3/h7-9H,4-5H2,1-3H3,(H,14,15)(H,16,17). The molecule has 0 radical (unpaired) electrons. The first kappa shape index (κ1) is 13.5. The molecule has 1 aliphatic carbocycles. The average molecular weight is 238 g/mol. The summed E-state index contributed by atoms with van der Waals surface area (Å²) in [6.07, 6.45) is 0.928. The Morgan fingerprint density at radius 3 is 2.41 bits per heavy atom. The Bertz CT molecular complexity index is 370. The molecule has 0 aromatic heterocycles. The third-order valence-corrected chi connectivity index (χ3v) is 3.55. The van der Waals surface area contributed by atoms with Gasteiger partial charge >= 0.3 is 5.97 Å². The van der Waals surface area contributed by atoms with Crippen LogP contribution in [0, 0.1) is 28.6 Å². The maximum atomic E-state index is 11.9. The Hall–Kier alpha value is -1.57. The molecular weight excluding hydrogens is 220 g/mol. The number of carboxylic acid groups (broad SMARTS) is 1. The summed E-state index contributed by atoms with van der Waals surface area (Å²) in [6, 6.07) is 1.82. The Balaban J connectivity index is 2.61. The minimum atomic E-state index is -0.927. The highest BCUT2D eigenvalue weighted by molar-refractivity contribution is 5.91. The van der Waals surface area contributed by atoms with Crippen LogP contribution in [0.5, 0.6) is 0 Å². The van der Waals surface area contributed by atoms with E-state index < -0.39 is 23.2 Å². The highest BCUT2D eigenvalue weighted by atomic mass is 16.4. The highest BCUT2D eigenvalue weighted by Gasteiger charge is 2.65. The number of carboxylic acids is 1. The SMILES string of the molecule is CCC(CC#N)NC(=O)C1C(C(=O)O)C1(C)C. The van der Waals surface area contributed by atoms with Gasteiger partial charge in [-0.3, -0.25) is 9.59 Å². The van der Waals surface area contributed by atoms with Gasteiger partial charge < -0.3 is 10.4 Å². The van der Waals surface area contributed by atoms with Crippen molar-refractivity contribution >= 4 is 11.9 Å². The molecule has 1 saturated carbocycles. The first-order chi connectivity index (χ1) is 7.86. The van der Waals surface area contributed by atoms with Crippen molar-refractivity contribution in [1.29, 1.82) is 5.26 Å². The van der Waals surface area contributed by atoms with E-state index in [1.54, 1.807) is 13.8 Å². The quantitative estimate of drug-likeness (QED) is 0.751. The zero-order chi connectivity index (χ0) is 13.2. The van der Waals surface area contributed by atoms with Gasteiger partial charge in [0.25, 0.3) is 0 Å². The number of rotatable bonds is 5. The molecule has 0 aromatic rings. The summed E-state index contributed by atoms with van der Waals surface area (Å²) < 4.78 is 0. The van der Waals surface area contributed by atoms with E-state index in [4.69, 9.17) is 10.4 Å². The van der Waals surface area contributed by atoms with Crippen LogP contribution in [0.1, 0.15) is 33.6 Å². The fraction of sp³-hybridized carbons (Fsp3) is 0.750. The average Bonchev–Trinajstić information content (AvgIpc) is 2.81. The van der Waals surface area contributed by atoms with Crippen LogP contribution < -0.4 is 5.32 Å². The molecule has 17 heavy (non-hydrogen) atoms. The smallest absolute Gasteiger partial charge is 0.307 e. The maximum absolute atomic E-state index is 11.9. The van der Waals surface area contributed by atoms with Gasteiger partial charge in [-0.1, -0.05) is 20.8 Å². The molecule has 1 aliphatic rings. The molecule has 0 spiro atoms. The molecule has 3 unspecified atom stereocenters. The van der Waals surface area contributed by atoms with Gasteiger partial charge in [-0.05, 0) is 11.8 Å². The molecule has 2 N–H and O–H groups in total. The zero-order valence-corrected chi connectivity index (χ0v) is 10.4. The van der Waals surface area contributed by atoms with Crippen molar-refractivity contribution in [2.45, 2.75) is 39.7 Å². The number of amides is 1. The predicted molar refractivity (Wildman–Crippen MR) is 60.8 cm³/mol. The Kier molecular flexibility index (Phi) is 3.76. The number of aliphatic carboxylic acids is 1. The molecule has 0 aliphatic heterocycles. The summed E-state index contributed by atoms with van der Waals surface area (Å²) in [5.41, 5.74) is -0.485. The molecule has 0 saturated heterocycles. The van der Waals surface area contributed by atoms with E-state index in [1.807, 2.05) is 13.0 Å². The van der Waals surface area contributed by atoms with Crippen LogP contribution in [0.3, 0.4) is 0 Å². The normalized spacial score (nSPS) is 26.7. The van der Waals surface area contributed by atoms with Crippen LogP contribution in [-0.4, -0.2) is 23.0 Å². The molecule has 1 amide bonds. The molecule has 1 rings (SSSR count). The molecule has 0 aromatic carbocycles. The van der Waals surface area contributed by atoms with E-state index in [0.29, 0.717) is 6.42 Å². The topological polar surface area (TPSA) is 90.2 Å². The number of carbonyl (C=O) groups excluding carboxylic acids is 1. The van der Waals surface area contributed by atoms with Crippen LogP contribution in [0.15, 0.2) is 0 Å². The van der Waals surface area contributed by atoms with Crippen molar-refractivity contribution in [2.24, 2.45) is 17.3 Å². The summed E-state index contributed by atoms with van der Waals surface area (Å²) >= 11 is 0. The molecule has 1 fully saturated rings. The molecule has 0 heterocycles. The van der Waals surface area contributed by atoms with Crippen LogP contribution in [0.25, 0.3) is 0 Å². The van der Waals surface area contributed by atoms with Gasteiger partial charge in [0, 0.05) is 6.04 Å². The lowest BCUT2D eigenvalue weighted by molar-refractivity contribution is -0.140. The number of nitrogens with zero attached hydrogens (tertiary/aromatic N) is 1. The monoisotopic (exact) mass is 238 g/mol. The minimum absolute atomic E-state index is 0.182. The number of carbonyl (C=O) groups is 2. The first-order valence-corrected chi connectivity index (χ1v) is 5.76. The number of hydrogen-bond acceptors (Lipinski definition) is 3. The van der Waals surface area contributed by atoms with Crippen LogP contribution >= 0.6 is 0 Å². The van der Waals surface area contributed by atoms with Gasteiger partial charge in [0.2, 0.25) is 5.91 Å². The second-order valence-corrected chi connectivity index (χ2v) is 5.09. The van der Waals surface area contributed by atoms with Crippen LogP contribution in [-0.2, 0) is 9.59 Å². The summed E-state index contributed by atoms with van der Waals surface area (Å²) in [5, 5.41) is 20.3. The van der Waals surface area contributed by atoms with Gasteiger partial charge in [-0.25, -0.2) is 0 Å². The third-order valence-electron chi connectivity index (χ3n) is 3.55. The molecule has 3 atom stereocenters. The van der Waals surface area contributed by atoms with Crippen LogP contribution in [0.2, 0.25) is 0 Å². The molecule has 94 valence electrons. The van der Waals surface area contributed by atoms with E-state index in [1.165, 1.54) is 0 Å². The summed E-state index contributed by atoms with van der Waals surface area (Å²) in [4.78, 5) is 22.8. The number of nitriles is 1. The lowest BCUT2D eigenvalue weighted by Crippen LogP contribution is -2.36. The van der Waals surface area contributed by atoms with Crippen molar-refractivity contribution in [3.63, 3.8) is 0 Å². The fourth-order valence-electron chi connectivity index (χ4n) is 2.29. The van der Waals surface area contributed by atoms with Gasteiger partial charge in [-0.15, -0.1) is 0 Å². The van der Waals surface area contributed by atoms with Gasteiger partial charge in [0.15, 0.2) is 0 Å². The van der Waals surface area contributed by atoms with Gasteiger partial charge in [0.1, 0.15) is 0 Å². The summed E-state index contributed by atoms with van der Waals surface area (Å²) in [7, 11) is 0. The number of nitrogens with one attached hydrogen (secondary N) is 1. The van der Waals surface area contributed by atoms with Gasteiger partial charge in [-0.2, -0.15) is 5.26 Å². The lowest BCUT2D eigenvalue weighted by atomic mass is 10.1. The van der Waals surface area contributed by atoms with Crippen molar-refractivity contribution in [3.05, 3.63) is 0 Å². The highest BCUT2D eigenvalue weighted by Crippen LogP contribution is 2.58. The summed E-state index contributed by atoms with van der Waals surface area (Å²) in [5.74, 6) is -2.26. The molecule has 5 heteroatoms. The van der Waals surface area contributed by atoms with Crippen molar-refractivity contribution in [3.8, 4) is 6.07 Å². The van der Waals surface area contributed by atoms with Gasteiger partial charge in [0.05, 0.1) is 24.3 Å². The second-order valence-electron chi connectivity index (χ2n) is 5.09. The third kappa shape index (κ3) is 2.57. The zero-order valence-electron chi connectivity index (χ0n) is 10.4. The van der Waals surface area contributed by atoms with E-state index in [-0.39, 0.29) is 18.4 Å². The lowest BCUT2D eigenvalue weighted by Gasteiger charge is -2.13. The van der Waals surface area contributed by atoms with Crippen molar-refractivity contribution < 1.29 is 14.7 Å². The predicted octanol–water partition coefficient (Wildman–Crippen LogP) is 1.15.